The summed E-state index contributed by atoms with van der Waals surface area (Å²) in [4.78, 5) is 28.3. The number of carbonyl (C=O) groups is 2. The van der Waals surface area contributed by atoms with Crippen LogP contribution in [0.25, 0.3) is 0 Å². The maximum atomic E-state index is 12.1. The molecule has 1 aromatic rings. The van der Waals surface area contributed by atoms with Gasteiger partial charge in [-0.05, 0) is 24.5 Å². The highest BCUT2D eigenvalue weighted by atomic mass is 16.4. The van der Waals surface area contributed by atoms with Crippen molar-refractivity contribution in [3.8, 4) is 0 Å². The Hall–Kier alpha value is -1.91. The minimum absolute atomic E-state index is 0.0988. The van der Waals surface area contributed by atoms with Crippen molar-refractivity contribution in [3.05, 3.63) is 29.6 Å². The van der Waals surface area contributed by atoms with Crippen molar-refractivity contribution in [1.82, 2.24) is 9.88 Å². The minimum Gasteiger partial charge on any atom is -0.477 e. The van der Waals surface area contributed by atoms with Crippen molar-refractivity contribution in [1.29, 1.82) is 0 Å². The number of carboxylic acids is 1. The number of amides is 1. The molecule has 1 fully saturated rings. The van der Waals surface area contributed by atoms with E-state index in [-0.39, 0.29) is 11.6 Å². The van der Waals surface area contributed by atoms with Crippen LogP contribution in [-0.4, -0.2) is 40.5 Å². The van der Waals surface area contributed by atoms with Gasteiger partial charge in [0.1, 0.15) is 5.69 Å². The highest BCUT2D eigenvalue weighted by molar-refractivity contribution is 5.96. The normalized spacial score (nSPS) is 14.8. The van der Waals surface area contributed by atoms with E-state index in [1.165, 1.54) is 31.5 Å². The topological polar surface area (TPSA) is 70.5 Å². The zero-order valence-corrected chi connectivity index (χ0v) is 11.0. The Kier molecular flexibility index (Phi) is 4.14. The molecule has 2 rings (SSSR count). The van der Waals surface area contributed by atoms with Crippen LogP contribution in [0.1, 0.15) is 46.5 Å². The lowest BCUT2D eigenvalue weighted by atomic mass is 9.83. The summed E-state index contributed by atoms with van der Waals surface area (Å²) in [7, 11) is 1.75. The van der Waals surface area contributed by atoms with Gasteiger partial charge in [-0.2, -0.15) is 0 Å². The second-order valence-corrected chi connectivity index (χ2v) is 5.05. The number of rotatable bonds is 5. The van der Waals surface area contributed by atoms with Crippen LogP contribution in [-0.2, 0) is 0 Å². The van der Waals surface area contributed by atoms with Crippen LogP contribution in [0.15, 0.2) is 18.3 Å². The van der Waals surface area contributed by atoms with Gasteiger partial charge in [0.2, 0.25) is 0 Å². The second-order valence-electron chi connectivity index (χ2n) is 5.05. The fourth-order valence-corrected chi connectivity index (χ4v) is 2.16. The van der Waals surface area contributed by atoms with Crippen LogP contribution in [0.4, 0.5) is 0 Å². The summed E-state index contributed by atoms with van der Waals surface area (Å²) in [6.45, 7) is 0.716. The van der Waals surface area contributed by atoms with Crippen molar-refractivity contribution >= 4 is 11.9 Å². The lowest BCUT2D eigenvalue weighted by Gasteiger charge is -2.27. The van der Waals surface area contributed by atoms with Gasteiger partial charge >= 0.3 is 5.97 Å². The highest BCUT2D eigenvalue weighted by Crippen LogP contribution is 2.29. The summed E-state index contributed by atoms with van der Waals surface area (Å²) >= 11 is 0. The lowest BCUT2D eigenvalue weighted by molar-refractivity contribution is 0.0690. The summed E-state index contributed by atoms with van der Waals surface area (Å²) in [5.74, 6) is -0.515. The molecule has 1 N–H and O–H groups in total. The SMILES string of the molecule is CN(CCC1CCC1)C(=O)c1ccnc(C(=O)O)c1. The van der Waals surface area contributed by atoms with Crippen molar-refractivity contribution < 1.29 is 14.7 Å². The van der Waals surface area contributed by atoms with Gasteiger partial charge in [-0.3, -0.25) is 4.79 Å². The molecule has 1 heterocycles. The van der Waals surface area contributed by atoms with Gasteiger partial charge in [-0.15, -0.1) is 0 Å². The van der Waals surface area contributed by atoms with E-state index in [1.54, 1.807) is 18.0 Å². The van der Waals surface area contributed by atoms with Gasteiger partial charge in [0, 0.05) is 25.4 Å². The van der Waals surface area contributed by atoms with Crippen LogP contribution in [0.5, 0.6) is 0 Å². The molecule has 0 bridgehead atoms. The molecular weight excluding hydrogens is 244 g/mol. The average molecular weight is 262 g/mol. The number of hydrogen-bond donors (Lipinski definition) is 1. The zero-order valence-electron chi connectivity index (χ0n) is 11.0. The zero-order chi connectivity index (χ0) is 13.8. The van der Waals surface area contributed by atoms with Gasteiger partial charge in [0.05, 0.1) is 0 Å². The Morgan fingerprint density at radius 2 is 2.21 bits per heavy atom. The Balaban J connectivity index is 1.97. The number of carbonyl (C=O) groups excluding carboxylic acids is 1. The van der Waals surface area contributed by atoms with E-state index in [4.69, 9.17) is 5.11 Å². The molecule has 0 unspecified atom stereocenters. The van der Waals surface area contributed by atoms with E-state index in [0.29, 0.717) is 12.1 Å². The van der Waals surface area contributed by atoms with Crippen molar-refractivity contribution in [3.63, 3.8) is 0 Å². The highest BCUT2D eigenvalue weighted by Gasteiger charge is 2.20. The van der Waals surface area contributed by atoms with Gasteiger partial charge < -0.3 is 10.0 Å². The van der Waals surface area contributed by atoms with Gasteiger partial charge in [-0.1, -0.05) is 19.3 Å². The third-order valence-electron chi connectivity index (χ3n) is 3.67. The van der Waals surface area contributed by atoms with E-state index in [9.17, 15) is 9.59 Å². The van der Waals surface area contributed by atoms with Crippen LogP contribution < -0.4 is 0 Å². The first-order valence-corrected chi connectivity index (χ1v) is 6.52. The molecular formula is C14H18N2O3. The second kappa shape index (κ2) is 5.82. The molecule has 0 aromatic carbocycles. The predicted molar refractivity (Wildman–Crippen MR) is 70.1 cm³/mol. The first-order chi connectivity index (χ1) is 9.08. The lowest BCUT2D eigenvalue weighted by Crippen LogP contribution is -2.30. The number of pyridine rings is 1. The van der Waals surface area contributed by atoms with Gasteiger partial charge in [-0.25, -0.2) is 9.78 Å². The number of aromatic nitrogens is 1. The van der Waals surface area contributed by atoms with Gasteiger partial charge in [0.15, 0.2) is 0 Å². The Morgan fingerprint density at radius 3 is 2.79 bits per heavy atom. The average Bonchev–Trinajstić information content (AvgIpc) is 2.36. The summed E-state index contributed by atoms with van der Waals surface area (Å²) in [6, 6.07) is 2.87. The smallest absolute Gasteiger partial charge is 0.354 e. The molecule has 0 spiro atoms. The van der Waals surface area contributed by atoms with Crippen LogP contribution in [0.3, 0.4) is 0 Å². The molecule has 1 aliphatic carbocycles. The third kappa shape index (κ3) is 3.30. The maximum absolute atomic E-state index is 12.1. The van der Waals surface area contributed by atoms with E-state index in [2.05, 4.69) is 4.98 Å². The fourth-order valence-electron chi connectivity index (χ4n) is 2.16. The predicted octanol–water partition coefficient (Wildman–Crippen LogP) is 2.04. The van der Waals surface area contributed by atoms with E-state index in [1.807, 2.05) is 0 Å². The number of carboxylic acid groups (broad SMARTS) is 1. The van der Waals surface area contributed by atoms with Crippen LogP contribution >= 0.6 is 0 Å². The molecule has 19 heavy (non-hydrogen) atoms. The largest absolute Gasteiger partial charge is 0.477 e. The number of hydrogen-bond acceptors (Lipinski definition) is 3. The monoisotopic (exact) mass is 262 g/mol. The summed E-state index contributed by atoms with van der Waals surface area (Å²) < 4.78 is 0. The van der Waals surface area contributed by atoms with Crippen LogP contribution in [0, 0.1) is 5.92 Å². The van der Waals surface area contributed by atoms with Gasteiger partial charge in [0.25, 0.3) is 5.91 Å². The maximum Gasteiger partial charge on any atom is 0.354 e. The Bertz CT molecular complexity index is 483. The Morgan fingerprint density at radius 1 is 1.47 bits per heavy atom. The summed E-state index contributed by atoms with van der Waals surface area (Å²) in [6.07, 6.45) is 6.21. The summed E-state index contributed by atoms with van der Waals surface area (Å²) in [5, 5.41) is 8.86. The van der Waals surface area contributed by atoms with Crippen molar-refractivity contribution in [2.45, 2.75) is 25.7 Å². The molecule has 1 amide bonds. The number of aromatic carboxylic acids is 1. The molecule has 0 radical (unpaired) electrons. The fraction of sp³-hybridized carbons (Fsp3) is 0.500. The molecule has 1 aliphatic rings. The van der Waals surface area contributed by atoms with E-state index < -0.39 is 5.97 Å². The van der Waals surface area contributed by atoms with Crippen molar-refractivity contribution in [2.75, 3.05) is 13.6 Å². The van der Waals surface area contributed by atoms with Crippen molar-refractivity contribution in [2.24, 2.45) is 5.92 Å². The molecule has 0 aliphatic heterocycles. The molecule has 5 heteroatoms. The summed E-state index contributed by atoms with van der Waals surface area (Å²) in [5.41, 5.74) is 0.279. The van der Waals surface area contributed by atoms with E-state index in [0.717, 1.165) is 12.3 Å². The molecule has 0 saturated heterocycles. The Labute approximate surface area is 112 Å². The van der Waals surface area contributed by atoms with E-state index >= 15 is 0 Å². The third-order valence-corrected chi connectivity index (χ3v) is 3.67. The molecule has 0 atom stereocenters. The standard InChI is InChI=1S/C14H18N2O3/c1-16(8-6-10-3-2-4-10)13(17)11-5-7-15-12(9-11)14(18)19/h5,7,9-10H,2-4,6,8H2,1H3,(H,18,19). The molecule has 5 nitrogen and oxygen atoms in total. The minimum atomic E-state index is -1.12. The molecule has 102 valence electrons. The number of nitrogens with zero attached hydrogens (tertiary/aromatic N) is 2. The first-order valence-electron chi connectivity index (χ1n) is 6.52. The molecule has 1 aromatic heterocycles. The first kappa shape index (κ1) is 13.5. The quantitative estimate of drug-likeness (QED) is 0.881. The van der Waals surface area contributed by atoms with Crippen LogP contribution in [0.2, 0.25) is 0 Å². The molecule has 1 saturated carbocycles.